The molecule has 2 rings (SSSR count). The van der Waals surface area contributed by atoms with Gasteiger partial charge in [-0.2, -0.15) is 0 Å². The van der Waals surface area contributed by atoms with E-state index < -0.39 is 0 Å². The van der Waals surface area contributed by atoms with E-state index in [-0.39, 0.29) is 0 Å². The van der Waals surface area contributed by atoms with Crippen molar-refractivity contribution in [3.63, 3.8) is 0 Å². The highest BCUT2D eigenvalue weighted by molar-refractivity contribution is 6.30. The summed E-state index contributed by atoms with van der Waals surface area (Å²) in [5, 5.41) is 4.13. The fourth-order valence-corrected chi connectivity index (χ4v) is 1.82. The highest BCUT2D eigenvalue weighted by atomic mass is 35.5. The van der Waals surface area contributed by atoms with Crippen molar-refractivity contribution in [3.05, 3.63) is 47.5 Å². The second-order valence-electron chi connectivity index (χ2n) is 3.96. The van der Waals surface area contributed by atoms with Gasteiger partial charge in [0.1, 0.15) is 5.82 Å². The Morgan fingerprint density at radius 1 is 1.29 bits per heavy atom. The van der Waals surface area contributed by atoms with E-state index in [4.69, 9.17) is 11.6 Å². The molecule has 0 amide bonds. The summed E-state index contributed by atoms with van der Waals surface area (Å²) in [5.74, 6) is 1.07. The standard InChI is InChI=1S/C13H16ClN3/c1-11-15-8-10-17(11)9-2-7-16-13-5-3-12(14)4-6-13/h3-6,8,10,16H,2,7,9H2,1H3. The number of halogens is 1. The molecule has 2 aromatic rings. The Hall–Kier alpha value is -1.48. The maximum absolute atomic E-state index is 5.82. The van der Waals surface area contributed by atoms with Crippen LogP contribution in [0.15, 0.2) is 36.7 Å². The van der Waals surface area contributed by atoms with E-state index in [1.165, 1.54) is 0 Å². The van der Waals surface area contributed by atoms with Crippen molar-refractivity contribution in [2.45, 2.75) is 19.9 Å². The van der Waals surface area contributed by atoms with Crippen LogP contribution in [0.4, 0.5) is 5.69 Å². The molecule has 3 nitrogen and oxygen atoms in total. The largest absolute Gasteiger partial charge is 0.385 e. The van der Waals surface area contributed by atoms with Crippen LogP contribution in [0.5, 0.6) is 0 Å². The second-order valence-corrected chi connectivity index (χ2v) is 4.39. The molecule has 0 aliphatic rings. The Morgan fingerprint density at radius 3 is 2.71 bits per heavy atom. The van der Waals surface area contributed by atoms with Crippen molar-refractivity contribution in [2.75, 3.05) is 11.9 Å². The predicted octanol–water partition coefficient (Wildman–Crippen LogP) is 3.35. The van der Waals surface area contributed by atoms with Crippen LogP contribution < -0.4 is 5.32 Å². The Balaban J connectivity index is 1.73. The summed E-state index contributed by atoms with van der Waals surface area (Å²) >= 11 is 5.82. The third-order valence-electron chi connectivity index (χ3n) is 2.67. The maximum Gasteiger partial charge on any atom is 0.105 e. The zero-order chi connectivity index (χ0) is 12.1. The summed E-state index contributed by atoms with van der Waals surface area (Å²) in [6, 6.07) is 7.77. The fourth-order valence-electron chi connectivity index (χ4n) is 1.69. The lowest BCUT2D eigenvalue weighted by Gasteiger charge is -2.07. The van der Waals surface area contributed by atoms with Crippen LogP contribution in [0.25, 0.3) is 0 Å². The van der Waals surface area contributed by atoms with Gasteiger partial charge in [-0.1, -0.05) is 11.6 Å². The smallest absolute Gasteiger partial charge is 0.105 e. The first kappa shape index (κ1) is 12.0. The normalized spacial score (nSPS) is 10.5. The van der Waals surface area contributed by atoms with Crippen LogP contribution in [0.1, 0.15) is 12.2 Å². The average molecular weight is 250 g/mol. The van der Waals surface area contributed by atoms with Gasteiger partial charge in [-0.3, -0.25) is 0 Å². The first-order valence-corrected chi connectivity index (χ1v) is 6.11. The number of aryl methyl sites for hydroxylation is 2. The highest BCUT2D eigenvalue weighted by Crippen LogP contribution is 2.13. The van der Waals surface area contributed by atoms with Crippen LogP contribution in [0.2, 0.25) is 5.02 Å². The number of imidazole rings is 1. The fraction of sp³-hybridized carbons (Fsp3) is 0.308. The number of benzene rings is 1. The molecule has 1 aromatic carbocycles. The minimum atomic E-state index is 0.768. The molecule has 0 saturated heterocycles. The number of aromatic nitrogens is 2. The van der Waals surface area contributed by atoms with E-state index in [2.05, 4.69) is 14.9 Å². The van der Waals surface area contributed by atoms with Crippen molar-refractivity contribution < 1.29 is 0 Å². The molecule has 1 N–H and O–H groups in total. The van der Waals surface area contributed by atoms with E-state index >= 15 is 0 Å². The monoisotopic (exact) mass is 249 g/mol. The van der Waals surface area contributed by atoms with Gasteiger partial charge in [0, 0.05) is 36.2 Å². The van der Waals surface area contributed by atoms with Crippen molar-refractivity contribution in [2.24, 2.45) is 0 Å². The lowest BCUT2D eigenvalue weighted by atomic mass is 10.3. The van der Waals surface area contributed by atoms with Crippen LogP contribution in [0.3, 0.4) is 0 Å². The van der Waals surface area contributed by atoms with Crippen LogP contribution in [-0.4, -0.2) is 16.1 Å². The summed E-state index contributed by atoms with van der Waals surface area (Å²) < 4.78 is 2.16. The summed E-state index contributed by atoms with van der Waals surface area (Å²) in [6.45, 7) is 3.96. The molecular formula is C13H16ClN3. The quantitative estimate of drug-likeness (QED) is 0.824. The lowest BCUT2D eigenvalue weighted by molar-refractivity contribution is 0.642. The molecule has 0 atom stereocenters. The van der Waals surface area contributed by atoms with Gasteiger partial charge in [0.15, 0.2) is 0 Å². The highest BCUT2D eigenvalue weighted by Gasteiger charge is 1.96. The number of hydrogen-bond donors (Lipinski definition) is 1. The average Bonchev–Trinajstić information content (AvgIpc) is 2.73. The number of hydrogen-bond acceptors (Lipinski definition) is 2. The van der Waals surface area contributed by atoms with Crippen LogP contribution >= 0.6 is 11.6 Å². The molecule has 17 heavy (non-hydrogen) atoms. The third-order valence-corrected chi connectivity index (χ3v) is 2.92. The van der Waals surface area contributed by atoms with Crippen molar-refractivity contribution in [1.82, 2.24) is 9.55 Å². The van der Waals surface area contributed by atoms with Crippen molar-refractivity contribution in [1.29, 1.82) is 0 Å². The Morgan fingerprint density at radius 2 is 2.06 bits per heavy atom. The van der Waals surface area contributed by atoms with E-state index in [0.29, 0.717) is 0 Å². The minimum absolute atomic E-state index is 0.768. The predicted molar refractivity (Wildman–Crippen MR) is 71.5 cm³/mol. The summed E-state index contributed by atoms with van der Waals surface area (Å²) in [7, 11) is 0. The van der Waals surface area contributed by atoms with Gasteiger partial charge in [-0.25, -0.2) is 4.98 Å². The van der Waals surface area contributed by atoms with Gasteiger partial charge in [0.25, 0.3) is 0 Å². The number of nitrogens with one attached hydrogen (secondary N) is 1. The van der Waals surface area contributed by atoms with Crippen molar-refractivity contribution >= 4 is 17.3 Å². The Bertz CT molecular complexity index is 462. The minimum Gasteiger partial charge on any atom is -0.385 e. The van der Waals surface area contributed by atoms with Crippen molar-refractivity contribution in [3.8, 4) is 0 Å². The van der Waals surface area contributed by atoms with E-state index in [9.17, 15) is 0 Å². The first-order valence-electron chi connectivity index (χ1n) is 5.73. The van der Waals surface area contributed by atoms with E-state index in [1.54, 1.807) is 0 Å². The Kier molecular flexibility index (Phi) is 4.04. The van der Waals surface area contributed by atoms with E-state index in [1.807, 2.05) is 43.6 Å². The SMILES string of the molecule is Cc1nccn1CCCNc1ccc(Cl)cc1. The molecular weight excluding hydrogens is 234 g/mol. The number of anilines is 1. The molecule has 0 saturated carbocycles. The molecule has 0 unspecified atom stereocenters. The second kappa shape index (κ2) is 5.73. The molecule has 0 fully saturated rings. The molecule has 90 valence electrons. The molecule has 4 heteroatoms. The van der Waals surface area contributed by atoms with Gasteiger partial charge < -0.3 is 9.88 Å². The summed E-state index contributed by atoms with van der Waals surface area (Å²) in [5.41, 5.74) is 1.11. The van der Waals surface area contributed by atoms with Gasteiger partial charge in [-0.15, -0.1) is 0 Å². The van der Waals surface area contributed by atoms with Gasteiger partial charge >= 0.3 is 0 Å². The molecule has 0 radical (unpaired) electrons. The molecule has 1 aromatic heterocycles. The summed E-state index contributed by atoms with van der Waals surface area (Å²) in [6.07, 6.45) is 4.92. The lowest BCUT2D eigenvalue weighted by Crippen LogP contribution is -2.07. The van der Waals surface area contributed by atoms with Crippen LogP contribution in [0, 0.1) is 6.92 Å². The third kappa shape index (κ3) is 3.49. The number of nitrogens with zero attached hydrogens (tertiary/aromatic N) is 2. The maximum atomic E-state index is 5.82. The summed E-state index contributed by atoms with van der Waals surface area (Å²) in [4.78, 5) is 4.19. The van der Waals surface area contributed by atoms with E-state index in [0.717, 1.165) is 36.0 Å². The van der Waals surface area contributed by atoms with Gasteiger partial charge in [-0.05, 0) is 37.6 Å². The zero-order valence-electron chi connectivity index (χ0n) is 9.86. The molecule has 0 spiro atoms. The Labute approximate surface area is 106 Å². The first-order chi connectivity index (χ1) is 8.25. The van der Waals surface area contributed by atoms with Gasteiger partial charge in [0.05, 0.1) is 0 Å². The molecule has 1 heterocycles. The van der Waals surface area contributed by atoms with Crippen LogP contribution in [-0.2, 0) is 6.54 Å². The molecule has 0 bridgehead atoms. The zero-order valence-corrected chi connectivity index (χ0v) is 10.6. The molecule has 0 aliphatic carbocycles. The number of rotatable bonds is 5. The van der Waals surface area contributed by atoms with Gasteiger partial charge in [0.2, 0.25) is 0 Å². The molecule has 0 aliphatic heterocycles. The topological polar surface area (TPSA) is 29.9 Å².